The molecule has 3 fully saturated rings. The Bertz CT molecular complexity index is 608. The summed E-state index contributed by atoms with van der Waals surface area (Å²) in [5, 5.41) is 5.14. The molecule has 6 heteroatoms. The van der Waals surface area contributed by atoms with Crippen LogP contribution in [0, 0.1) is 0 Å². The van der Waals surface area contributed by atoms with Gasteiger partial charge < -0.3 is 5.32 Å². The van der Waals surface area contributed by atoms with E-state index < -0.39 is 5.54 Å². The molecule has 1 aromatic heterocycles. The Hall–Kier alpha value is -1.40. The van der Waals surface area contributed by atoms with Crippen molar-refractivity contribution in [2.45, 2.75) is 62.9 Å². The number of amides is 3. The molecule has 1 aromatic rings. The van der Waals surface area contributed by atoms with Crippen LogP contribution in [0.1, 0.15) is 62.3 Å². The molecule has 24 heavy (non-hydrogen) atoms. The van der Waals surface area contributed by atoms with Crippen LogP contribution in [-0.4, -0.2) is 40.5 Å². The number of hydrogen-bond donors (Lipinski definition) is 1. The average molecular weight is 347 g/mol. The van der Waals surface area contributed by atoms with Crippen LogP contribution in [0.3, 0.4) is 0 Å². The van der Waals surface area contributed by atoms with Crippen molar-refractivity contribution >= 4 is 23.3 Å². The molecule has 2 saturated heterocycles. The van der Waals surface area contributed by atoms with Gasteiger partial charge in [0.2, 0.25) is 0 Å². The van der Waals surface area contributed by atoms with Crippen LogP contribution < -0.4 is 5.32 Å². The van der Waals surface area contributed by atoms with Crippen molar-refractivity contribution in [2.75, 3.05) is 13.2 Å². The number of likely N-dealkylation sites (tertiary alicyclic amines) is 1. The molecule has 3 heterocycles. The Morgan fingerprint density at radius 2 is 1.96 bits per heavy atom. The fourth-order valence-electron chi connectivity index (χ4n) is 4.46. The van der Waals surface area contributed by atoms with Crippen LogP contribution in [0.25, 0.3) is 0 Å². The van der Waals surface area contributed by atoms with Crippen LogP contribution >= 0.6 is 11.3 Å². The maximum atomic E-state index is 13.0. The van der Waals surface area contributed by atoms with E-state index in [-0.39, 0.29) is 11.9 Å². The Morgan fingerprint density at radius 3 is 2.67 bits per heavy atom. The first-order valence-electron chi connectivity index (χ1n) is 9.11. The zero-order valence-electron chi connectivity index (χ0n) is 14.0. The molecule has 2 aliphatic heterocycles. The van der Waals surface area contributed by atoms with Crippen LogP contribution in [0.2, 0.25) is 0 Å². The van der Waals surface area contributed by atoms with E-state index in [0.717, 1.165) is 57.9 Å². The summed E-state index contributed by atoms with van der Waals surface area (Å²) in [4.78, 5) is 30.7. The largest absolute Gasteiger partial charge is 0.326 e. The quantitative estimate of drug-likeness (QED) is 0.852. The Balaban J connectivity index is 1.50. The third-order valence-corrected chi connectivity index (χ3v) is 6.73. The van der Waals surface area contributed by atoms with Gasteiger partial charge in [0.1, 0.15) is 5.54 Å². The monoisotopic (exact) mass is 347 g/mol. The van der Waals surface area contributed by atoms with Gasteiger partial charge in [-0.15, -0.1) is 11.3 Å². The molecule has 3 aliphatic rings. The molecule has 1 saturated carbocycles. The van der Waals surface area contributed by atoms with Gasteiger partial charge in [0, 0.05) is 17.5 Å². The highest BCUT2D eigenvalue weighted by molar-refractivity contribution is 7.10. The smallest absolute Gasteiger partial charge is 0.323 e. The van der Waals surface area contributed by atoms with Crippen molar-refractivity contribution in [3.63, 3.8) is 0 Å². The summed E-state index contributed by atoms with van der Waals surface area (Å²) in [6, 6.07) is 4.38. The van der Waals surface area contributed by atoms with Gasteiger partial charge >= 0.3 is 6.03 Å². The highest BCUT2D eigenvalue weighted by Crippen LogP contribution is 2.37. The average Bonchev–Trinajstić information content (AvgIpc) is 3.24. The summed E-state index contributed by atoms with van der Waals surface area (Å²) in [5.41, 5.74) is -0.619. The SMILES string of the molecule is O=C1NC2(CCCCCC2)C(=O)N1CN1CCC[C@H]1c1cccs1. The van der Waals surface area contributed by atoms with E-state index in [1.807, 2.05) is 0 Å². The number of rotatable bonds is 3. The summed E-state index contributed by atoms with van der Waals surface area (Å²) in [6.07, 6.45) is 8.20. The predicted octanol–water partition coefficient (Wildman–Crippen LogP) is 3.49. The first-order chi connectivity index (χ1) is 11.7. The van der Waals surface area contributed by atoms with Crippen molar-refractivity contribution in [3.8, 4) is 0 Å². The lowest BCUT2D eigenvalue weighted by atomic mass is 9.90. The molecule has 5 nitrogen and oxygen atoms in total. The van der Waals surface area contributed by atoms with Crippen molar-refractivity contribution in [1.82, 2.24) is 15.1 Å². The maximum absolute atomic E-state index is 13.0. The molecular formula is C18H25N3O2S. The Labute approximate surface area is 147 Å². The van der Waals surface area contributed by atoms with Crippen molar-refractivity contribution in [1.29, 1.82) is 0 Å². The minimum Gasteiger partial charge on any atom is -0.323 e. The summed E-state index contributed by atoms with van der Waals surface area (Å²) in [5.74, 6) is 0.00577. The van der Waals surface area contributed by atoms with Gasteiger partial charge in [-0.2, -0.15) is 0 Å². The lowest BCUT2D eigenvalue weighted by molar-refractivity contribution is -0.133. The molecule has 130 valence electrons. The maximum Gasteiger partial charge on any atom is 0.326 e. The highest BCUT2D eigenvalue weighted by Gasteiger charge is 2.51. The third kappa shape index (κ3) is 2.75. The molecule has 0 aromatic carbocycles. The van der Waals surface area contributed by atoms with E-state index >= 15 is 0 Å². The molecule has 4 rings (SSSR count). The molecule has 0 radical (unpaired) electrons. The lowest BCUT2D eigenvalue weighted by Gasteiger charge is -2.29. The van der Waals surface area contributed by atoms with Crippen LogP contribution in [0.5, 0.6) is 0 Å². The number of carbonyl (C=O) groups is 2. The molecule has 1 aliphatic carbocycles. The van der Waals surface area contributed by atoms with E-state index in [1.165, 1.54) is 9.78 Å². The number of hydrogen-bond acceptors (Lipinski definition) is 4. The van der Waals surface area contributed by atoms with Gasteiger partial charge in [0.25, 0.3) is 5.91 Å². The van der Waals surface area contributed by atoms with Crippen molar-refractivity contribution in [3.05, 3.63) is 22.4 Å². The molecule has 1 atom stereocenters. The number of urea groups is 1. The second kappa shape index (κ2) is 6.48. The Morgan fingerprint density at radius 1 is 1.17 bits per heavy atom. The second-order valence-electron chi connectivity index (χ2n) is 7.29. The minimum atomic E-state index is -0.619. The van der Waals surface area contributed by atoms with Gasteiger partial charge in [-0.05, 0) is 37.1 Å². The summed E-state index contributed by atoms with van der Waals surface area (Å²) in [6.45, 7) is 1.38. The molecule has 1 spiro atoms. The predicted molar refractivity (Wildman–Crippen MR) is 93.7 cm³/mol. The number of nitrogens with one attached hydrogen (secondary N) is 1. The van der Waals surface area contributed by atoms with Crippen LogP contribution in [0.15, 0.2) is 17.5 Å². The van der Waals surface area contributed by atoms with E-state index in [9.17, 15) is 9.59 Å². The molecule has 1 N–H and O–H groups in total. The van der Waals surface area contributed by atoms with Gasteiger partial charge in [-0.1, -0.05) is 31.7 Å². The fourth-order valence-corrected chi connectivity index (χ4v) is 5.35. The number of imide groups is 1. The highest BCUT2D eigenvalue weighted by atomic mass is 32.1. The summed E-state index contributed by atoms with van der Waals surface area (Å²) < 4.78 is 0. The first-order valence-corrected chi connectivity index (χ1v) is 9.99. The number of thiophene rings is 1. The normalized spacial score (nSPS) is 27.7. The van der Waals surface area contributed by atoms with Gasteiger partial charge in [-0.3, -0.25) is 9.69 Å². The minimum absolute atomic E-state index is 0.00577. The van der Waals surface area contributed by atoms with E-state index in [4.69, 9.17) is 0 Å². The summed E-state index contributed by atoms with van der Waals surface area (Å²) in [7, 11) is 0. The van der Waals surface area contributed by atoms with Crippen molar-refractivity contribution < 1.29 is 9.59 Å². The molecule has 3 amide bonds. The topological polar surface area (TPSA) is 52.7 Å². The third-order valence-electron chi connectivity index (χ3n) is 5.76. The van der Waals surface area contributed by atoms with Gasteiger partial charge in [-0.25, -0.2) is 9.69 Å². The summed E-state index contributed by atoms with van der Waals surface area (Å²) >= 11 is 1.76. The second-order valence-corrected chi connectivity index (χ2v) is 8.27. The molecular weight excluding hydrogens is 322 g/mol. The lowest BCUT2D eigenvalue weighted by Crippen LogP contribution is -2.47. The van der Waals surface area contributed by atoms with E-state index in [0.29, 0.717) is 12.7 Å². The molecule has 0 bridgehead atoms. The van der Waals surface area contributed by atoms with Gasteiger partial charge in [0.15, 0.2) is 0 Å². The number of carbonyl (C=O) groups excluding carboxylic acids is 2. The number of nitrogens with zero attached hydrogens (tertiary/aromatic N) is 2. The van der Waals surface area contributed by atoms with Crippen LogP contribution in [-0.2, 0) is 4.79 Å². The fraction of sp³-hybridized carbons (Fsp3) is 0.667. The van der Waals surface area contributed by atoms with Crippen molar-refractivity contribution in [2.24, 2.45) is 0 Å². The Kier molecular flexibility index (Phi) is 4.35. The van der Waals surface area contributed by atoms with E-state index in [2.05, 4.69) is 27.7 Å². The zero-order valence-corrected chi connectivity index (χ0v) is 14.8. The zero-order chi connectivity index (χ0) is 16.6. The van der Waals surface area contributed by atoms with Gasteiger partial charge in [0.05, 0.1) is 6.67 Å². The molecule has 0 unspecified atom stereocenters. The van der Waals surface area contributed by atoms with E-state index in [1.54, 1.807) is 11.3 Å². The standard InChI is InChI=1S/C18H25N3O2S/c22-16-18(9-3-1-2-4-10-18)19-17(23)21(16)13-20-11-5-7-14(20)15-8-6-12-24-15/h6,8,12,14H,1-5,7,9-11,13H2,(H,19,23)/t14-/m0/s1. The van der Waals surface area contributed by atoms with Crippen LogP contribution in [0.4, 0.5) is 4.79 Å². The first kappa shape index (κ1) is 16.1.